The molecule has 0 radical (unpaired) electrons. The molecule has 0 bridgehead atoms. The van der Waals surface area contributed by atoms with Crippen LogP contribution in [0.2, 0.25) is 0 Å². The molecule has 6 nitrogen and oxygen atoms in total. The summed E-state index contributed by atoms with van der Waals surface area (Å²) in [7, 11) is -2.58. The minimum absolute atomic E-state index is 0.00151. The molecule has 0 amide bonds. The molecule has 0 unspecified atom stereocenters. The fourth-order valence-corrected chi connectivity index (χ4v) is 6.12. The Morgan fingerprint density at radius 1 is 1.00 bits per heavy atom. The van der Waals surface area contributed by atoms with Gasteiger partial charge in [0.15, 0.2) is 5.78 Å². The van der Waals surface area contributed by atoms with Gasteiger partial charge in [-0.25, -0.2) is 8.42 Å². The van der Waals surface area contributed by atoms with Crippen molar-refractivity contribution in [2.75, 3.05) is 11.8 Å². The van der Waals surface area contributed by atoms with E-state index in [2.05, 4.69) is 4.72 Å². The number of hydrogen-bond acceptors (Lipinski definition) is 5. The maximum atomic E-state index is 13.4. The van der Waals surface area contributed by atoms with Crippen LogP contribution in [0.3, 0.4) is 0 Å². The standard InChI is InChI=1S/C26H23NO5S/c1-32-22-10-5-6-11-23(22)33(30,31)27-18-14-20(25(29)17-8-3-2-4-9-17)19-16-24(28)26(12-7-13-26)21(19)15-18/h2-6,8-11,14-15,27H,7,12-13,16H2,1H3. The summed E-state index contributed by atoms with van der Waals surface area (Å²) in [4.78, 5) is 26.4. The van der Waals surface area contributed by atoms with Crippen LogP contribution >= 0.6 is 0 Å². The smallest absolute Gasteiger partial charge is 0.265 e. The summed E-state index contributed by atoms with van der Waals surface area (Å²) in [5.41, 5.74) is 2.01. The number of Topliss-reactive ketones (excluding diaryl/α,β-unsaturated/α-hetero) is 1. The van der Waals surface area contributed by atoms with E-state index >= 15 is 0 Å². The van der Waals surface area contributed by atoms with Crippen molar-refractivity contribution in [3.05, 3.63) is 89.0 Å². The van der Waals surface area contributed by atoms with Crippen LogP contribution in [0, 0.1) is 0 Å². The van der Waals surface area contributed by atoms with Crippen LogP contribution in [0.15, 0.2) is 71.6 Å². The van der Waals surface area contributed by atoms with Gasteiger partial charge < -0.3 is 4.74 Å². The van der Waals surface area contributed by atoms with Crippen LogP contribution < -0.4 is 9.46 Å². The lowest BCUT2D eigenvalue weighted by molar-refractivity contribution is -0.125. The van der Waals surface area contributed by atoms with Crippen molar-refractivity contribution in [2.45, 2.75) is 36.0 Å². The zero-order valence-corrected chi connectivity index (χ0v) is 18.9. The highest BCUT2D eigenvalue weighted by Crippen LogP contribution is 2.52. The van der Waals surface area contributed by atoms with Gasteiger partial charge in [-0.3, -0.25) is 14.3 Å². The van der Waals surface area contributed by atoms with Gasteiger partial charge >= 0.3 is 0 Å². The van der Waals surface area contributed by atoms with E-state index in [4.69, 9.17) is 4.74 Å². The lowest BCUT2D eigenvalue weighted by atomic mass is 9.64. The van der Waals surface area contributed by atoms with Crippen molar-refractivity contribution in [1.29, 1.82) is 0 Å². The molecule has 1 fully saturated rings. The third-order valence-corrected chi connectivity index (χ3v) is 8.16. The van der Waals surface area contributed by atoms with E-state index in [9.17, 15) is 18.0 Å². The quantitative estimate of drug-likeness (QED) is 0.554. The summed E-state index contributed by atoms with van der Waals surface area (Å²) in [6.45, 7) is 0. The molecule has 7 heteroatoms. The Balaban J connectivity index is 1.64. The van der Waals surface area contributed by atoms with Gasteiger partial charge in [0.1, 0.15) is 16.4 Å². The molecule has 5 rings (SSSR count). The number of benzene rings is 3. The molecule has 2 aliphatic rings. The van der Waals surface area contributed by atoms with E-state index in [1.807, 2.05) is 6.07 Å². The fourth-order valence-electron chi connectivity index (χ4n) is 4.91. The molecule has 33 heavy (non-hydrogen) atoms. The van der Waals surface area contributed by atoms with Gasteiger partial charge in [0.25, 0.3) is 10.0 Å². The molecule has 0 aliphatic heterocycles. The summed E-state index contributed by atoms with van der Waals surface area (Å²) < 4.78 is 34.2. The summed E-state index contributed by atoms with van der Waals surface area (Å²) in [5.74, 6) is 0.0994. The van der Waals surface area contributed by atoms with E-state index in [0.29, 0.717) is 16.7 Å². The minimum atomic E-state index is -3.99. The Labute approximate surface area is 192 Å². The molecule has 3 aromatic carbocycles. The topological polar surface area (TPSA) is 89.5 Å². The minimum Gasteiger partial charge on any atom is -0.495 e. The first kappa shape index (κ1) is 21.4. The van der Waals surface area contributed by atoms with Crippen LogP contribution in [0.25, 0.3) is 0 Å². The van der Waals surface area contributed by atoms with Gasteiger partial charge in [0.05, 0.1) is 12.5 Å². The van der Waals surface area contributed by atoms with Crippen molar-refractivity contribution in [3.63, 3.8) is 0 Å². The maximum absolute atomic E-state index is 13.4. The number of sulfonamides is 1. The Morgan fingerprint density at radius 3 is 2.36 bits per heavy atom. The molecule has 1 N–H and O–H groups in total. The lowest BCUT2D eigenvalue weighted by Crippen LogP contribution is -2.39. The Morgan fingerprint density at radius 2 is 1.70 bits per heavy atom. The van der Waals surface area contributed by atoms with Gasteiger partial charge in [0, 0.05) is 23.2 Å². The van der Waals surface area contributed by atoms with Crippen molar-refractivity contribution < 1.29 is 22.7 Å². The zero-order chi connectivity index (χ0) is 23.2. The molecule has 0 aromatic heterocycles. The second-order valence-electron chi connectivity index (χ2n) is 8.54. The molecule has 168 valence electrons. The number of carbonyl (C=O) groups is 2. The molecule has 0 heterocycles. The highest BCUT2D eigenvalue weighted by atomic mass is 32.2. The Bertz CT molecular complexity index is 1380. The molecule has 3 aromatic rings. The average molecular weight is 462 g/mol. The molecule has 1 saturated carbocycles. The number of hydrogen-bond donors (Lipinski definition) is 1. The zero-order valence-electron chi connectivity index (χ0n) is 18.1. The lowest BCUT2D eigenvalue weighted by Gasteiger charge is -2.37. The van der Waals surface area contributed by atoms with Gasteiger partial charge in [0.2, 0.25) is 0 Å². The largest absolute Gasteiger partial charge is 0.495 e. The predicted molar refractivity (Wildman–Crippen MR) is 124 cm³/mol. The fraction of sp³-hybridized carbons (Fsp3) is 0.231. The highest BCUT2D eigenvalue weighted by molar-refractivity contribution is 7.92. The Kier molecular flexibility index (Phi) is 5.09. The monoisotopic (exact) mass is 461 g/mol. The summed E-state index contributed by atoms with van der Waals surface area (Å²) in [6, 6.07) is 18.4. The predicted octanol–water partition coefficient (Wildman–Crippen LogP) is 4.27. The molecule has 1 spiro atoms. The maximum Gasteiger partial charge on any atom is 0.265 e. The number of fused-ring (bicyclic) bond motifs is 2. The Hall–Kier alpha value is -3.45. The first-order chi connectivity index (χ1) is 15.9. The van der Waals surface area contributed by atoms with Crippen molar-refractivity contribution in [2.24, 2.45) is 0 Å². The summed E-state index contributed by atoms with van der Waals surface area (Å²) >= 11 is 0. The number of carbonyl (C=O) groups excluding carboxylic acids is 2. The number of ketones is 2. The van der Waals surface area contributed by atoms with E-state index in [-0.39, 0.29) is 34.3 Å². The van der Waals surface area contributed by atoms with Crippen LogP contribution in [0.1, 0.15) is 46.3 Å². The van der Waals surface area contributed by atoms with Crippen LogP contribution in [0.5, 0.6) is 5.75 Å². The molecule has 0 atom stereocenters. The second kappa shape index (κ2) is 7.85. The van der Waals surface area contributed by atoms with Crippen molar-refractivity contribution in [3.8, 4) is 5.75 Å². The van der Waals surface area contributed by atoms with Gasteiger partial charge in [-0.1, -0.05) is 48.9 Å². The average Bonchev–Trinajstić information content (AvgIpc) is 3.10. The van der Waals surface area contributed by atoms with Crippen LogP contribution in [0.4, 0.5) is 5.69 Å². The van der Waals surface area contributed by atoms with E-state index < -0.39 is 15.4 Å². The van der Waals surface area contributed by atoms with Gasteiger partial charge in [-0.05, 0) is 48.2 Å². The van der Waals surface area contributed by atoms with Crippen LogP contribution in [-0.2, 0) is 26.7 Å². The first-order valence-electron chi connectivity index (χ1n) is 10.8. The number of rotatable bonds is 6. The SMILES string of the molecule is COc1ccccc1S(=O)(=O)Nc1cc(C(=O)c2ccccc2)c2c(c1)C1(CCC1)C(=O)C2. The summed E-state index contributed by atoms with van der Waals surface area (Å²) in [6.07, 6.45) is 2.58. The second-order valence-corrected chi connectivity index (χ2v) is 10.2. The van der Waals surface area contributed by atoms with E-state index in [1.54, 1.807) is 54.6 Å². The van der Waals surface area contributed by atoms with Crippen molar-refractivity contribution in [1.82, 2.24) is 0 Å². The molecular formula is C26H23NO5S. The molecular weight excluding hydrogens is 438 g/mol. The van der Waals surface area contributed by atoms with E-state index in [0.717, 1.165) is 24.8 Å². The highest BCUT2D eigenvalue weighted by Gasteiger charge is 2.51. The number of para-hydroxylation sites is 1. The number of methoxy groups -OCH3 is 1. The third kappa shape index (κ3) is 3.43. The molecule has 2 aliphatic carbocycles. The van der Waals surface area contributed by atoms with Gasteiger partial charge in [-0.15, -0.1) is 0 Å². The first-order valence-corrected chi connectivity index (χ1v) is 12.3. The normalized spacial score (nSPS) is 16.2. The van der Waals surface area contributed by atoms with Gasteiger partial charge in [-0.2, -0.15) is 0 Å². The number of nitrogens with one attached hydrogen (secondary N) is 1. The third-order valence-electron chi connectivity index (χ3n) is 6.74. The number of ether oxygens (including phenoxy) is 1. The van der Waals surface area contributed by atoms with Crippen molar-refractivity contribution >= 4 is 27.3 Å². The van der Waals surface area contributed by atoms with Crippen LogP contribution in [-0.4, -0.2) is 27.1 Å². The number of anilines is 1. The van der Waals surface area contributed by atoms with E-state index in [1.165, 1.54) is 13.2 Å². The molecule has 0 saturated heterocycles. The summed E-state index contributed by atoms with van der Waals surface area (Å²) in [5, 5.41) is 0.